The van der Waals surface area contributed by atoms with E-state index in [4.69, 9.17) is 0 Å². The lowest BCUT2D eigenvalue weighted by molar-refractivity contribution is -0.143. The van der Waals surface area contributed by atoms with Crippen molar-refractivity contribution < 1.29 is 24.0 Å². The Bertz CT molecular complexity index is 1110. The first-order valence-electron chi connectivity index (χ1n) is 13.6. The number of amides is 3. The second-order valence-electron chi connectivity index (χ2n) is 10.6. The summed E-state index contributed by atoms with van der Waals surface area (Å²) in [6.45, 7) is 6.86. The molecule has 2 aromatic carbocycles. The average molecular weight is 526 g/mol. The third-order valence-electron chi connectivity index (χ3n) is 7.15. The molecule has 0 bridgehead atoms. The number of benzene rings is 2. The van der Waals surface area contributed by atoms with Gasteiger partial charge in [0.25, 0.3) is 0 Å². The molecule has 1 aliphatic rings. The van der Waals surface area contributed by atoms with Gasteiger partial charge in [-0.25, -0.2) is 9.87 Å². The van der Waals surface area contributed by atoms with Crippen molar-refractivity contribution in [3.05, 3.63) is 59.9 Å². The minimum Gasteiger partial charge on any atom is -0.344 e. The van der Waals surface area contributed by atoms with Crippen LogP contribution in [-0.2, 0) is 20.9 Å². The van der Waals surface area contributed by atoms with Crippen molar-refractivity contribution in [3.8, 4) is 11.1 Å². The molecule has 0 radical (unpaired) electrons. The van der Waals surface area contributed by atoms with Crippen molar-refractivity contribution in [2.45, 2.75) is 71.9 Å². The van der Waals surface area contributed by atoms with Crippen molar-refractivity contribution >= 4 is 17.7 Å². The van der Waals surface area contributed by atoms with Gasteiger partial charge in [-0.15, -0.1) is 0 Å². The van der Waals surface area contributed by atoms with Crippen molar-refractivity contribution in [1.82, 2.24) is 15.7 Å². The Labute approximate surface area is 224 Å². The van der Waals surface area contributed by atoms with E-state index in [2.05, 4.69) is 5.32 Å². The first-order chi connectivity index (χ1) is 18.2. The second-order valence-corrected chi connectivity index (χ2v) is 10.6. The van der Waals surface area contributed by atoms with Crippen LogP contribution < -0.4 is 10.8 Å². The molecule has 3 rings (SSSR count). The smallest absolute Gasteiger partial charge is 0.247 e. The first kappa shape index (κ1) is 29.3. The van der Waals surface area contributed by atoms with E-state index in [-0.39, 0.29) is 23.5 Å². The molecule has 1 unspecified atom stereocenters. The summed E-state index contributed by atoms with van der Waals surface area (Å²) in [6.07, 6.45) is 3.77. The number of hydrogen-bond donors (Lipinski definition) is 3. The molecule has 1 fully saturated rings. The Morgan fingerprint density at radius 3 is 2.42 bits per heavy atom. The van der Waals surface area contributed by atoms with Crippen molar-refractivity contribution in [1.29, 1.82) is 0 Å². The number of likely N-dealkylation sites (tertiary alicyclic amines) is 1. The van der Waals surface area contributed by atoms with Crippen LogP contribution in [0.4, 0.5) is 4.39 Å². The Morgan fingerprint density at radius 1 is 1.05 bits per heavy atom. The van der Waals surface area contributed by atoms with E-state index < -0.39 is 23.8 Å². The molecule has 7 nitrogen and oxygen atoms in total. The van der Waals surface area contributed by atoms with Crippen LogP contribution in [0.15, 0.2) is 48.5 Å². The van der Waals surface area contributed by atoms with Gasteiger partial charge in [-0.3, -0.25) is 19.6 Å². The second kappa shape index (κ2) is 14.0. The maximum atomic E-state index is 13.7. The number of hydrogen-bond acceptors (Lipinski definition) is 4. The van der Waals surface area contributed by atoms with Crippen LogP contribution in [0, 0.1) is 23.6 Å². The number of carbonyl (C=O) groups excluding carboxylic acids is 3. The quantitative estimate of drug-likeness (QED) is 0.282. The zero-order valence-corrected chi connectivity index (χ0v) is 22.6. The fourth-order valence-corrected chi connectivity index (χ4v) is 5.28. The van der Waals surface area contributed by atoms with Gasteiger partial charge in [0, 0.05) is 19.0 Å². The molecular weight excluding hydrogens is 485 g/mol. The van der Waals surface area contributed by atoms with E-state index >= 15 is 0 Å². The summed E-state index contributed by atoms with van der Waals surface area (Å²) in [6, 6.07) is 13.4. The van der Waals surface area contributed by atoms with Crippen LogP contribution in [0.1, 0.15) is 64.9 Å². The van der Waals surface area contributed by atoms with Gasteiger partial charge < -0.3 is 10.2 Å². The van der Waals surface area contributed by atoms with Gasteiger partial charge >= 0.3 is 0 Å². The van der Waals surface area contributed by atoms with E-state index in [1.54, 1.807) is 16.4 Å². The number of nitrogens with zero attached hydrogens (tertiary/aromatic N) is 1. The molecule has 0 spiro atoms. The summed E-state index contributed by atoms with van der Waals surface area (Å²) >= 11 is 0. The predicted octanol–water partition coefficient (Wildman–Crippen LogP) is 5.07. The van der Waals surface area contributed by atoms with Crippen LogP contribution in [0.5, 0.6) is 0 Å². The van der Waals surface area contributed by atoms with Crippen LogP contribution in [0.3, 0.4) is 0 Å². The summed E-state index contributed by atoms with van der Waals surface area (Å²) in [5.74, 6) is -2.50. The van der Waals surface area contributed by atoms with Gasteiger partial charge in [-0.1, -0.05) is 57.5 Å². The highest BCUT2D eigenvalue weighted by molar-refractivity contribution is 5.91. The van der Waals surface area contributed by atoms with E-state index in [0.29, 0.717) is 38.8 Å². The Hall–Kier alpha value is -3.26. The average Bonchev–Trinajstić information content (AvgIpc) is 3.06. The lowest BCUT2D eigenvalue weighted by Crippen LogP contribution is -2.51. The molecule has 2 aromatic rings. The molecule has 0 aliphatic carbocycles. The van der Waals surface area contributed by atoms with Gasteiger partial charge in [-0.2, -0.15) is 0 Å². The highest BCUT2D eigenvalue weighted by Crippen LogP contribution is 2.27. The molecule has 8 heteroatoms. The number of halogens is 1. The third kappa shape index (κ3) is 7.87. The molecule has 1 heterocycles. The Kier molecular flexibility index (Phi) is 10.8. The van der Waals surface area contributed by atoms with Crippen molar-refractivity contribution in [2.75, 3.05) is 6.54 Å². The van der Waals surface area contributed by atoms with E-state index in [1.165, 1.54) is 12.1 Å². The topological polar surface area (TPSA) is 98.7 Å². The van der Waals surface area contributed by atoms with Crippen LogP contribution in [0.2, 0.25) is 0 Å². The standard InChI is InChI=1S/C30H40FN3O4/c1-4-9-25(29(36)33-38)26(16-20(2)3)28(35)32-27-14-5-6-15-34(30(27)37)19-21-10-7-11-22(17-21)23-12-8-13-24(31)18-23/h7-8,10-13,17-18,20,25-27,38H,4-6,9,14-16,19H2,1-3H3,(H,32,35)(H,33,36)/t25-,26?,27-/m0/s1. The van der Waals surface area contributed by atoms with E-state index in [0.717, 1.165) is 29.5 Å². The molecular formula is C30H40FN3O4. The fourth-order valence-electron chi connectivity index (χ4n) is 5.28. The van der Waals surface area contributed by atoms with E-state index in [9.17, 15) is 24.0 Å². The lowest BCUT2D eigenvalue weighted by Gasteiger charge is -2.29. The number of hydroxylamine groups is 1. The zero-order valence-electron chi connectivity index (χ0n) is 22.6. The van der Waals surface area contributed by atoms with Crippen molar-refractivity contribution in [3.63, 3.8) is 0 Å². The molecule has 1 saturated heterocycles. The maximum absolute atomic E-state index is 13.7. The van der Waals surface area contributed by atoms with E-state index in [1.807, 2.05) is 51.1 Å². The van der Waals surface area contributed by atoms with Gasteiger partial charge in [0.15, 0.2) is 0 Å². The Morgan fingerprint density at radius 2 is 1.76 bits per heavy atom. The highest BCUT2D eigenvalue weighted by atomic mass is 19.1. The first-order valence-corrected chi connectivity index (χ1v) is 13.6. The summed E-state index contributed by atoms with van der Waals surface area (Å²) in [5, 5.41) is 12.2. The molecule has 38 heavy (non-hydrogen) atoms. The van der Waals surface area contributed by atoms with Gasteiger partial charge in [0.1, 0.15) is 11.9 Å². The minimum atomic E-state index is -0.675. The summed E-state index contributed by atoms with van der Waals surface area (Å²) in [4.78, 5) is 41.2. The molecule has 1 aliphatic heterocycles. The monoisotopic (exact) mass is 525 g/mol. The molecule has 0 aromatic heterocycles. The minimum absolute atomic E-state index is 0.144. The molecule has 3 atom stereocenters. The van der Waals surface area contributed by atoms with Crippen molar-refractivity contribution in [2.24, 2.45) is 17.8 Å². The van der Waals surface area contributed by atoms with Crippen LogP contribution in [-0.4, -0.2) is 40.4 Å². The largest absolute Gasteiger partial charge is 0.344 e. The fraction of sp³-hybridized carbons (Fsp3) is 0.500. The van der Waals surface area contributed by atoms with Gasteiger partial charge in [0.2, 0.25) is 17.7 Å². The number of carbonyl (C=O) groups is 3. The molecule has 3 amide bonds. The number of nitrogens with one attached hydrogen (secondary N) is 2. The summed E-state index contributed by atoms with van der Waals surface area (Å²) in [7, 11) is 0. The molecule has 206 valence electrons. The molecule has 0 saturated carbocycles. The molecule has 3 N–H and O–H groups in total. The normalized spacial score (nSPS) is 17.6. The third-order valence-corrected chi connectivity index (χ3v) is 7.15. The zero-order chi connectivity index (χ0) is 27.7. The predicted molar refractivity (Wildman–Crippen MR) is 144 cm³/mol. The number of rotatable bonds is 11. The van der Waals surface area contributed by atoms with Gasteiger partial charge in [-0.05, 0) is 72.9 Å². The lowest BCUT2D eigenvalue weighted by atomic mass is 9.81. The SMILES string of the molecule is CCC[C@H](C(=O)NO)C(CC(C)C)C(=O)N[C@H]1CCCCN(Cc2cccc(-c3cccc(F)c3)c2)C1=O. The van der Waals surface area contributed by atoms with Gasteiger partial charge in [0.05, 0.1) is 5.92 Å². The van der Waals surface area contributed by atoms with Crippen LogP contribution in [0.25, 0.3) is 11.1 Å². The summed E-state index contributed by atoms with van der Waals surface area (Å²) in [5.41, 5.74) is 4.28. The van der Waals surface area contributed by atoms with Crippen LogP contribution >= 0.6 is 0 Å². The summed E-state index contributed by atoms with van der Waals surface area (Å²) < 4.78 is 13.7. The highest BCUT2D eigenvalue weighted by Gasteiger charge is 2.36. The maximum Gasteiger partial charge on any atom is 0.247 e. The Balaban J connectivity index is 1.76.